The van der Waals surface area contributed by atoms with Gasteiger partial charge in [-0.2, -0.15) is 0 Å². The van der Waals surface area contributed by atoms with E-state index in [1.807, 2.05) is 37.3 Å². The third-order valence-electron chi connectivity index (χ3n) is 6.10. The molecular weight excluding hydrogens is 390 g/mol. The molecule has 158 valence electrons. The van der Waals surface area contributed by atoms with E-state index in [1.165, 1.54) is 4.90 Å². The van der Waals surface area contributed by atoms with Gasteiger partial charge in [0.15, 0.2) is 14.5 Å². The molecule has 0 spiro atoms. The van der Waals surface area contributed by atoms with Crippen LogP contribution >= 0.6 is 0 Å². The predicted molar refractivity (Wildman–Crippen MR) is 108 cm³/mol. The molecule has 1 aromatic carbocycles. The SMILES string of the molecule is C[C@@H](O[Si](C)(C)C(C)(C)C)[C@H]1C(=O)N2[C@@H](C(=O)OCc3ccccc3)C(=O)O[C@H]12. The highest BCUT2D eigenvalue weighted by Gasteiger charge is 2.64. The minimum atomic E-state index is -2.10. The Morgan fingerprint density at radius 2 is 1.83 bits per heavy atom. The maximum atomic E-state index is 12.8. The summed E-state index contributed by atoms with van der Waals surface area (Å²) in [4.78, 5) is 38.7. The number of carbonyl (C=O) groups excluding carboxylic acids is 3. The van der Waals surface area contributed by atoms with Crippen molar-refractivity contribution in [1.29, 1.82) is 0 Å². The van der Waals surface area contributed by atoms with Crippen molar-refractivity contribution in [2.75, 3.05) is 0 Å². The highest BCUT2D eigenvalue weighted by molar-refractivity contribution is 6.74. The van der Waals surface area contributed by atoms with Crippen LogP contribution in [0.25, 0.3) is 0 Å². The number of nitrogens with zero attached hydrogens (tertiary/aromatic N) is 1. The number of β-lactam (4-membered cyclic amide) rings is 1. The van der Waals surface area contributed by atoms with Crippen LogP contribution in [0.2, 0.25) is 18.1 Å². The number of ether oxygens (including phenoxy) is 2. The fourth-order valence-corrected chi connectivity index (χ4v) is 4.81. The molecule has 7 nitrogen and oxygen atoms in total. The summed E-state index contributed by atoms with van der Waals surface area (Å²) >= 11 is 0. The van der Waals surface area contributed by atoms with Crippen molar-refractivity contribution < 1.29 is 28.3 Å². The van der Waals surface area contributed by atoms with Crippen LogP contribution in [-0.4, -0.2) is 49.4 Å². The lowest BCUT2D eigenvalue weighted by Crippen LogP contribution is -2.66. The molecule has 0 aromatic heterocycles. The Morgan fingerprint density at radius 3 is 2.41 bits per heavy atom. The average Bonchev–Trinajstić information content (AvgIpc) is 2.91. The number of carbonyl (C=O) groups is 3. The summed E-state index contributed by atoms with van der Waals surface area (Å²) in [6.07, 6.45) is -1.18. The van der Waals surface area contributed by atoms with Crippen molar-refractivity contribution in [3.8, 4) is 0 Å². The first-order valence-electron chi connectivity index (χ1n) is 9.85. The number of benzene rings is 1. The Balaban J connectivity index is 1.64. The molecule has 1 aromatic rings. The minimum absolute atomic E-state index is 0.0100. The van der Waals surface area contributed by atoms with E-state index in [2.05, 4.69) is 33.9 Å². The van der Waals surface area contributed by atoms with E-state index in [0.717, 1.165) is 5.56 Å². The fraction of sp³-hybridized carbons (Fsp3) is 0.571. The molecule has 0 aliphatic carbocycles. The number of esters is 2. The van der Waals surface area contributed by atoms with Crippen molar-refractivity contribution in [3.63, 3.8) is 0 Å². The van der Waals surface area contributed by atoms with Gasteiger partial charge >= 0.3 is 11.9 Å². The van der Waals surface area contributed by atoms with Gasteiger partial charge in [-0.15, -0.1) is 0 Å². The zero-order valence-electron chi connectivity index (χ0n) is 17.8. The molecule has 0 radical (unpaired) electrons. The minimum Gasteiger partial charge on any atom is -0.459 e. The molecule has 29 heavy (non-hydrogen) atoms. The standard InChI is InChI=1S/C21H29NO6Si/c1-13(28-29(5,6)21(2,3)4)15-17(23)22-16(20(25)27-18(15)22)19(24)26-12-14-10-8-7-9-11-14/h7-11,13,15-16,18H,12H2,1-6H3/t13-,15+,16+,18-/m1/s1. The van der Waals surface area contributed by atoms with Gasteiger partial charge < -0.3 is 13.9 Å². The van der Waals surface area contributed by atoms with E-state index in [0.29, 0.717) is 0 Å². The largest absolute Gasteiger partial charge is 0.459 e. The van der Waals surface area contributed by atoms with Gasteiger partial charge in [0.1, 0.15) is 12.5 Å². The zero-order chi connectivity index (χ0) is 21.6. The number of hydrogen-bond donors (Lipinski definition) is 0. The van der Waals surface area contributed by atoms with Gasteiger partial charge in [0, 0.05) is 0 Å². The molecule has 1 amide bonds. The summed E-state index contributed by atoms with van der Waals surface area (Å²) in [6.45, 7) is 12.4. The first kappa shape index (κ1) is 21.5. The molecule has 2 saturated heterocycles. The second-order valence-corrected chi connectivity index (χ2v) is 13.9. The third-order valence-corrected chi connectivity index (χ3v) is 10.7. The fourth-order valence-electron chi connectivity index (χ4n) is 3.38. The molecule has 2 fully saturated rings. The molecule has 8 heteroatoms. The first-order valence-corrected chi connectivity index (χ1v) is 12.8. The van der Waals surface area contributed by atoms with Crippen LogP contribution in [0.5, 0.6) is 0 Å². The first-order chi connectivity index (χ1) is 13.4. The molecule has 0 bridgehead atoms. The van der Waals surface area contributed by atoms with Crippen LogP contribution in [0.3, 0.4) is 0 Å². The molecule has 0 N–H and O–H groups in total. The average molecular weight is 420 g/mol. The third kappa shape index (κ3) is 3.96. The maximum absolute atomic E-state index is 12.8. The van der Waals surface area contributed by atoms with Crippen molar-refractivity contribution in [1.82, 2.24) is 4.90 Å². The van der Waals surface area contributed by atoms with Crippen LogP contribution in [0.15, 0.2) is 30.3 Å². The van der Waals surface area contributed by atoms with Crippen molar-refractivity contribution in [2.24, 2.45) is 5.92 Å². The van der Waals surface area contributed by atoms with Crippen molar-refractivity contribution in [2.45, 2.75) is 70.8 Å². The molecule has 4 atom stereocenters. The topological polar surface area (TPSA) is 82.1 Å². The number of fused-ring (bicyclic) bond motifs is 1. The van der Waals surface area contributed by atoms with E-state index >= 15 is 0 Å². The van der Waals surface area contributed by atoms with E-state index < -0.39 is 44.5 Å². The van der Waals surface area contributed by atoms with Crippen LogP contribution < -0.4 is 0 Å². The van der Waals surface area contributed by atoms with E-state index in [9.17, 15) is 14.4 Å². The van der Waals surface area contributed by atoms with Gasteiger partial charge in [-0.25, -0.2) is 9.59 Å². The van der Waals surface area contributed by atoms with Crippen LogP contribution in [-0.2, 0) is 34.9 Å². The highest BCUT2D eigenvalue weighted by Crippen LogP contribution is 2.43. The normalized spacial score (nSPS) is 25.2. The predicted octanol–water partition coefficient (Wildman–Crippen LogP) is 2.85. The molecule has 2 aliphatic rings. The van der Waals surface area contributed by atoms with E-state index in [-0.39, 0.29) is 17.6 Å². The Bertz CT molecular complexity index is 803. The molecule has 3 rings (SSSR count). The van der Waals surface area contributed by atoms with Crippen LogP contribution in [0.4, 0.5) is 0 Å². The summed E-state index contributed by atoms with van der Waals surface area (Å²) in [7, 11) is -2.10. The Morgan fingerprint density at radius 1 is 1.21 bits per heavy atom. The quantitative estimate of drug-likeness (QED) is 0.305. The lowest BCUT2D eigenvalue weighted by Gasteiger charge is -2.47. The van der Waals surface area contributed by atoms with Gasteiger partial charge in [0.05, 0.1) is 6.10 Å². The zero-order valence-corrected chi connectivity index (χ0v) is 18.8. The lowest BCUT2D eigenvalue weighted by molar-refractivity contribution is -0.187. The van der Waals surface area contributed by atoms with E-state index in [4.69, 9.17) is 13.9 Å². The van der Waals surface area contributed by atoms with Crippen molar-refractivity contribution >= 4 is 26.2 Å². The number of rotatable bonds is 6. The second-order valence-electron chi connectivity index (χ2n) is 9.18. The molecule has 2 heterocycles. The van der Waals surface area contributed by atoms with E-state index in [1.54, 1.807) is 0 Å². The Hall–Kier alpha value is -2.19. The van der Waals surface area contributed by atoms with Gasteiger partial charge in [-0.1, -0.05) is 51.1 Å². The molecule has 0 unspecified atom stereocenters. The summed E-state index contributed by atoms with van der Waals surface area (Å²) in [5.74, 6) is -2.43. The number of amides is 1. The van der Waals surface area contributed by atoms with Gasteiger partial charge in [0.25, 0.3) is 0 Å². The van der Waals surface area contributed by atoms with Gasteiger partial charge in [0.2, 0.25) is 11.9 Å². The smallest absolute Gasteiger partial charge is 0.342 e. The second kappa shape index (κ2) is 7.57. The van der Waals surface area contributed by atoms with Gasteiger partial charge in [-0.05, 0) is 30.6 Å². The lowest BCUT2D eigenvalue weighted by atomic mass is 9.90. The summed E-state index contributed by atoms with van der Waals surface area (Å²) in [5, 5.41) is -0.0100. The highest BCUT2D eigenvalue weighted by atomic mass is 28.4. The molecule has 2 aliphatic heterocycles. The monoisotopic (exact) mass is 419 g/mol. The Kier molecular flexibility index (Phi) is 5.61. The maximum Gasteiger partial charge on any atom is 0.342 e. The molecule has 0 saturated carbocycles. The molecular formula is C21H29NO6Si. The number of hydrogen-bond acceptors (Lipinski definition) is 6. The Labute approximate surface area is 172 Å². The van der Waals surface area contributed by atoms with Crippen LogP contribution in [0, 0.1) is 5.92 Å². The summed E-state index contributed by atoms with van der Waals surface area (Å²) in [6, 6.07) is 7.80. The summed E-state index contributed by atoms with van der Waals surface area (Å²) < 4.78 is 16.9. The summed E-state index contributed by atoms with van der Waals surface area (Å²) in [5.41, 5.74) is 0.799. The van der Waals surface area contributed by atoms with Crippen LogP contribution in [0.1, 0.15) is 33.3 Å². The van der Waals surface area contributed by atoms with Gasteiger partial charge in [-0.3, -0.25) is 9.69 Å². The van der Waals surface area contributed by atoms with Crippen molar-refractivity contribution in [3.05, 3.63) is 35.9 Å².